The average Bonchev–Trinajstić information content (AvgIpc) is 2.49. The molecule has 5 heteroatoms. The van der Waals surface area contributed by atoms with Crippen molar-refractivity contribution in [2.24, 2.45) is 5.16 Å². The highest BCUT2D eigenvalue weighted by atomic mass is 19.1. The highest BCUT2D eigenvalue weighted by Crippen LogP contribution is 2.13. The average molecular weight is 286 g/mol. The van der Waals surface area contributed by atoms with E-state index in [1.54, 1.807) is 19.1 Å². The molecule has 2 aromatic carbocycles. The number of anilines is 1. The van der Waals surface area contributed by atoms with Gasteiger partial charge in [0.05, 0.1) is 6.21 Å². The van der Waals surface area contributed by atoms with Crippen LogP contribution >= 0.6 is 0 Å². The molecular weight excluding hydrogens is 271 g/mol. The number of hydrogen-bond acceptors (Lipinski definition) is 3. The second-order valence-corrected chi connectivity index (χ2v) is 4.43. The van der Waals surface area contributed by atoms with Crippen molar-refractivity contribution in [2.45, 2.75) is 6.92 Å². The summed E-state index contributed by atoms with van der Waals surface area (Å²) in [5.74, 6) is -0.765. The van der Waals surface area contributed by atoms with Gasteiger partial charge in [0, 0.05) is 5.69 Å². The minimum absolute atomic E-state index is 0.237. The fourth-order valence-electron chi connectivity index (χ4n) is 1.60. The summed E-state index contributed by atoms with van der Waals surface area (Å²) < 4.78 is 13.3. The number of carbonyl (C=O) groups is 1. The summed E-state index contributed by atoms with van der Waals surface area (Å²) in [5.41, 5.74) is 1.79. The predicted molar refractivity (Wildman–Crippen MR) is 79.8 cm³/mol. The molecule has 0 saturated carbocycles. The summed E-state index contributed by atoms with van der Waals surface area (Å²) in [7, 11) is 0. The van der Waals surface area contributed by atoms with Crippen molar-refractivity contribution < 1.29 is 14.0 Å². The van der Waals surface area contributed by atoms with Gasteiger partial charge >= 0.3 is 0 Å². The van der Waals surface area contributed by atoms with Gasteiger partial charge in [-0.3, -0.25) is 4.79 Å². The zero-order valence-electron chi connectivity index (χ0n) is 11.5. The van der Waals surface area contributed by atoms with E-state index in [0.29, 0.717) is 11.3 Å². The summed E-state index contributed by atoms with van der Waals surface area (Å²) in [6.45, 7) is 1.42. The number of rotatable bonds is 5. The smallest absolute Gasteiger partial charge is 0.265 e. The number of benzene rings is 2. The van der Waals surface area contributed by atoms with Crippen molar-refractivity contribution >= 4 is 17.8 Å². The molecule has 0 fully saturated rings. The summed E-state index contributed by atoms with van der Waals surface area (Å²) in [6.07, 6.45) is 1.51. The SMILES string of the molecule is Cc1ccc(NC(=O)CO/N=C\c2ccccc2)cc1F. The first-order valence-electron chi connectivity index (χ1n) is 6.41. The van der Waals surface area contributed by atoms with Crippen molar-refractivity contribution in [1.82, 2.24) is 0 Å². The Morgan fingerprint density at radius 2 is 2.05 bits per heavy atom. The van der Waals surface area contributed by atoms with Crippen molar-refractivity contribution in [3.8, 4) is 0 Å². The predicted octanol–water partition coefficient (Wildman–Crippen LogP) is 3.12. The van der Waals surface area contributed by atoms with E-state index >= 15 is 0 Å². The number of nitrogens with one attached hydrogen (secondary N) is 1. The molecule has 1 amide bonds. The largest absolute Gasteiger partial charge is 0.386 e. The van der Waals surface area contributed by atoms with Crippen LogP contribution < -0.4 is 5.32 Å². The minimum atomic E-state index is -0.400. The molecule has 0 aliphatic rings. The lowest BCUT2D eigenvalue weighted by Gasteiger charge is -2.05. The van der Waals surface area contributed by atoms with Crippen LogP contribution in [0.3, 0.4) is 0 Å². The maximum absolute atomic E-state index is 13.3. The number of halogens is 1. The Kier molecular flexibility index (Phi) is 5.04. The molecule has 0 spiro atoms. The van der Waals surface area contributed by atoms with Crippen LogP contribution in [0.2, 0.25) is 0 Å². The van der Waals surface area contributed by atoms with Gasteiger partial charge < -0.3 is 10.2 Å². The first-order chi connectivity index (χ1) is 10.1. The Hall–Kier alpha value is -2.69. The van der Waals surface area contributed by atoms with Crippen LogP contribution in [0.4, 0.5) is 10.1 Å². The number of hydrogen-bond donors (Lipinski definition) is 1. The molecule has 0 heterocycles. The summed E-state index contributed by atoms with van der Waals surface area (Å²) in [4.78, 5) is 16.5. The molecule has 0 aliphatic carbocycles. The zero-order chi connectivity index (χ0) is 15.1. The third-order valence-electron chi connectivity index (χ3n) is 2.73. The van der Waals surface area contributed by atoms with Gasteiger partial charge in [0.1, 0.15) is 5.82 Å². The molecule has 2 rings (SSSR count). The Bertz CT molecular complexity index is 642. The molecule has 1 N–H and O–H groups in total. The number of nitrogens with zero attached hydrogens (tertiary/aromatic N) is 1. The topological polar surface area (TPSA) is 50.7 Å². The third-order valence-corrected chi connectivity index (χ3v) is 2.73. The van der Waals surface area contributed by atoms with Gasteiger partial charge in [0.2, 0.25) is 0 Å². The second-order valence-electron chi connectivity index (χ2n) is 4.43. The molecule has 0 atom stereocenters. The van der Waals surface area contributed by atoms with Gasteiger partial charge in [0.25, 0.3) is 5.91 Å². The van der Waals surface area contributed by atoms with E-state index in [-0.39, 0.29) is 12.4 Å². The fraction of sp³-hybridized carbons (Fsp3) is 0.125. The molecule has 0 saturated heterocycles. The second kappa shape index (κ2) is 7.19. The van der Waals surface area contributed by atoms with Gasteiger partial charge in [-0.1, -0.05) is 41.6 Å². The minimum Gasteiger partial charge on any atom is -0.386 e. The number of carbonyl (C=O) groups excluding carboxylic acids is 1. The molecule has 2 aromatic rings. The van der Waals surface area contributed by atoms with E-state index in [0.717, 1.165) is 5.56 Å². The van der Waals surface area contributed by atoms with Crippen LogP contribution in [0.15, 0.2) is 53.7 Å². The number of amides is 1. The summed E-state index contributed by atoms with van der Waals surface area (Å²) in [6, 6.07) is 13.9. The lowest BCUT2D eigenvalue weighted by atomic mass is 10.2. The quantitative estimate of drug-likeness (QED) is 0.678. The lowest BCUT2D eigenvalue weighted by molar-refractivity contribution is -0.120. The molecule has 0 aromatic heterocycles. The lowest BCUT2D eigenvalue weighted by Crippen LogP contribution is -2.17. The number of oxime groups is 1. The maximum atomic E-state index is 13.3. The Labute approximate surface area is 122 Å². The molecule has 0 bridgehead atoms. The monoisotopic (exact) mass is 286 g/mol. The molecule has 0 radical (unpaired) electrons. The molecule has 0 aliphatic heterocycles. The standard InChI is InChI=1S/C16H15FN2O2/c1-12-7-8-14(9-15(12)17)19-16(20)11-21-18-10-13-5-3-2-4-6-13/h2-10H,11H2,1H3,(H,19,20)/b18-10-. The van der Waals surface area contributed by atoms with Crippen molar-refractivity contribution in [2.75, 3.05) is 11.9 Å². The molecule has 4 nitrogen and oxygen atoms in total. The van der Waals surface area contributed by atoms with Crippen LogP contribution in [-0.4, -0.2) is 18.7 Å². The third kappa shape index (κ3) is 4.72. The molecular formula is C16H15FN2O2. The van der Waals surface area contributed by atoms with E-state index in [4.69, 9.17) is 4.84 Å². The van der Waals surface area contributed by atoms with Crippen molar-refractivity contribution in [3.05, 3.63) is 65.5 Å². The maximum Gasteiger partial charge on any atom is 0.265 e. The first kappa shape index (κ1) is 14.7. The normalized spacial score (nSPS) is 10.6. The molecule has 0 unspecified atom stereocenters. The zero-order valence-corrected chi connectivity index (χ0v) is 11.5. The van der Waals surface area contributed by atoms with Crippen molar-refractivity contribution in [3.63, 3.8) is 0 Å². The summed E-state index contributed by atoms with van der Waals surface area (Å²) in [5, 5.41) is 6.23. The van der Waals surface area contributed by atoms with Gasteiger partial charge in [0.15, 0.2) is 6.61 Å². The van der Waals surface area contributed by atoms with Crippen molar-refractivity contribution in [1.29, 1.82) is 0 Å². The first-order valence-corrected chi connectivity index (χ1v) is 6.41. The van der Waals surface area contributed by atoms with E-state index < -0.39 is 5.91 Å². The fourth-order valence-corrected chi connectivity index (χ4v) is 1.60. The van der Waals surface area contributed by atoms with Crippen LogP contribution in [0.5, 0.6) is 0 Å². The van der Waals surface area contributed by atoms with Gasteiger partial charge in [-0.05, 0) is 30.2 Å². The Morgan fingerprint density at radius 1 is 1.29 bits per heavy atom. The highest BCUT2D eigenvalue weighted by molar-refractivity contribution is 5.91. The van der Waals surface area contributed by atoms with Crippen LogP contribution in [-0.2, 0) is 9.63 Å². The summed E-state index contributed by atoms with van der Waals surface area (Å²) >= 11 is 0. The Morgan fingerprint density at radius 3 is 2.76 bits per heavy atom. The van der Waals surface area contributed by atoms with Crippen LogP contribution in [0, 0.1) is 12.7 Å². The van der Waals surface area contributed by atoms with Gasteiger partial charge in [-0.25, -0.2) is 4.39 Å². The Balaban J connectivity index is 1.79. The van der Waals surface area contributed by atoms with Crippen LogP contribution in [0.25, 0.3) is 0 Å². The van der Waals surface area contributed by atoms with E-state index in [2.05, 4.69) is 10.5 Å². The van der Waals surface area contributed by atoms with Gasteiger partial charge in [-0.15, -0.1) is 0 Å². The van der Waals surface area contributed by atoms with E-state index in [1.807, 2.05) is 30.3 Å². The van der Waals surface area contributed by atoms with E-state index in [1.165, 1.54) is 12.3 Å². The number of aryl methyl sites for hydroxylation is 1. The molecule has 108 valence electrons. The highest BCUT2D eigenvalue weighted by Gasteiger charge is 2.04. The van der Waals surface area contributed by atoms with E-state index in [9.17, 15) is 9.18 Å². The van der Waals surface area contributed by atoms with Gasteiger partial charge in [-0.2, -0.15) is 0 Å². The van der Waals surface area contributed by atoms with Crippen LogP contribution in [0.1, 0.15) is 11.1 Å². The molecule has 21 heavy (non-hydrogen) atoms.